The maximum absolute atomic E-state index is 13.2. The van der Waals surface area contributed by atoms with Crippen LogP contribution < -0.4 is 10.4 Å². The fourth-order valence-electron chi connectivity index (χ4n) is 6.00. The Morgan fingerprint density at radius 3 is 2.68 bits per heavy atom. The largest absolute Gasteiger partial charge is 0.543 e. The molecule has 34 heavy (non-hydrogen) atoms. The summed E-state index contributed by atoms with van der Waals surface area (Å²) in [4.78, 5) is 41.4. The molecule has 0 radical (unpaired) electrons. The summed E-state index contributed by atoms with van der Waals surface area (Å²) in [5.74, 6) is -2.49. The molecule has 190 valence electrons. The SMILES string of the molecule is CC(O)C1C(=O)N2C(C(=O)[O-])=C(SC3CNC(C(=O)N4CCC([N+](C)(C)CCO)C4)C3)C(C)[C@@H]12. The molecule has 10 nitrogen and oxygen atoms in total. The van der Waals surface area contributed by atoms with Crippen LogP contribution in [0.3, 0.4) is 0 Å². The number of β-lactam (4-membered cyclic amide) rings is 1. The number of nitrogens with one attached hydrogen (secondary N) is 1. The number of carboxylic acids is 1. The highest BCUT2D eigenvalue weighted by atomic mass is 32.2. The van der Waals surface area contributed by atoms with E-state index in [4.69, 9.17) is 0 Å². The van der Waals surface area contributed by atoms with Crippen molar-refractivity contribution in [3.8, 4) is 0 Å². The number of rotatable bonds is 8. The minimum Gasteiger partial charge on any atom is -0.543 e. The van der Waals surface area contributed by atoms with Crippen molar-refractivity contribution >= 4 is 29.5 Å². The molecule has 0 aromatic rings. The van der Waals surface area contributed by atoms with Crippen molar-refractivity contribution in [3.63, 3.8) is 0 Å². The number of carbonyl (C=O) groups is 3. The lowest BCUT2D eigenvalue weighted by Gasteiger charge is -2.47. The fraction of sp³-hybridized carbons (Fsp3) is 0.783. The number of aliphatic hydroxyl groups excluding tert-OH is 2. The molecule has 4 aliphatic heterocycles. The summed E-state index contributed by atoms with van der Waals surface area (Å²) in [5.41, 5.74) is -0.0783. The molecule has 0 spiro atoms. The van der Waals surface area contributed by atoms with Crippen molar-refractivity contribution in [2.75, 3.05) is 46.9 Å². The second kappa shape index (κ2) is 9.42. The van der Waals surface area contributed by atoms with Crippen LogP contribution in [0.2, 0.25) is 0 Å². The zero-order valence-corrected chi connectivity index (χ0v) is 21.1. The van der Waals surface area contributed by atoms with E-state index in [1.807, 2.05) is 11.8 Å². The molecule has 7 atom stereocenters. The average Bonchev–Trinajstić information content (AvgIpc) is 3.46. The molecule has 0 bridgehead atoms. The molecule has 4 heterocycles. The predicted molar refractivity (Wildman–Crippen MR) is 124 cm³/mol. The van der Waals surface area contributed by atoms with Gasteiger partial charge in [-0.1, -0.05) is 6.92 Å². The monoisotopic (exact) mass is 496 g/mol. The smallest absolute Gasteiger partial charge is 0.239 e. The van der Waals surface area contributed by atoms with E-state index in [2.05, 4.69) is 19.4 Å². The number of carboxylic acid groups (broad SMARTS) is 1. The predicted octanol–water partition coefficient (Wildman–Crippen LogP) is -2.06. The Hall–Kier alpha value is -1.66. The van der Waals surface area contributed by atoms with Crippen LogP contribution in [0.4, 0.5) is 0 Å². The highest BCUT2D eigenvalue weighted by molar-refractivity contribution is 8.03. The highest BCUT2D eigenvalue weighted by Crippen LogP contribution is 2.51. The van der Waals surface area contributed by atoms with Crippen LogP contribution in [0.15, 0.2) is 10.6 Å². The molecule has 3 N–H and O–H groups in total. The molecule has 0 aromatic carbocycles. The van der Waals surface area contributed by atoms with E-state index in [9.17, 15) is 29.7 Å². The standard InChI is InChI=1S/C23H36N4O6S/c1-12-18-17(13(2)29)22(31)26(18)19(23(32)33)20(12)34-15-9-16(24-10-15)21(30)25-6-5-14(11-25)27(3,4)7-8-28/h12-18,24,28-29H,5-11H2,1-4H3/t12?,13?,14?,15?,16?,17?,18-/m0/s1. The first kappa shape index (κ1) is 25.4. The van der Waals surface area contributed by atoms with Crippen molar-refractivity contribution < 1.29 is 34.2 Å². The van der Waals surface area contributed by atoms with Gasteiger partial charge < -0.3 is 39.7 Å². The van der Waals surface area contributed by atoms with Crippen LogP contribution in [0, 0.1) is 11.8 Å². The van der Waals surface area contributed by atoms with Gasteiger partial charge in [-0.2, -0.15) is 0 Å². The highest BCUT2D eigenvalue weighted by Gasteiger charge is 2.59. The Morgan fingerprint density at radius 2 is 2.06 bits per heavy atom. The summed E-state index contributed by atoms with van der Waals surface area (Å²) in [7, 11) is 4.16. The first-order valence-electron chi connectivity index (χ1n) is 12.1. The minimum absolute atomic E-state index is 0.000404. The van der Waals surface area contributed by atoms with Gasteiger partial charge in [0.1, 0.15) is 12.6 Å². The first-order valence-corrected chi connectivity index (χ1v) is 12.9. The molecule has 6 unspecified atom stereocenters. The van der Waals surface area contributed by atoms with Gasteiger partial charge in [0.05, 0.1) is 63.0 Å². The summed E-state index contributed by atoms with van der Waals surface area (Å²) in [5, 5.41) is 34.6. The summed E-state index contributed by atoms with van der Waals surface area (Å²) in [6, 6.07) is -0.393. The van der Waals surface area contributed by atoms with E-state index in [-0.39, 0.29) is 47.4 Å². The number of likely N-dealkylation sites (tertiary alicyclic amines) is 1. The zero-order valence-electron chi connectivity index (χ0n) is 20.3. The summed E-state index contributed by atoms with van der Waals surface area (Å²) >= 11 is 1.42. The third kappa shape index (κ3) is 4.26. The zero-order chi connectivity index (χ0) is 24.9. The van der Waals surface area contributed by atoms with E-state index in [1.54, 1.807) is 6.92 Å². The number of likely N-dealkylation sites (N-methyl/N-ethyl adjacent to an activating group) is 1. The Bertz CT molecular complexity index is 893. The van der Waals surface area contributed by atoms with E-state index < -0.39 is 18.0 Å². The van der Waals surface area contributed by atoms with Crippen molar-refractivity contribution in [2.45, 2.75) is 56.2 Å². The van der Waals surface area contributed by atoms with Crippen molar-refractivity contribution in [1.82, 2.24) is 15.1 Å². The number of hydrogen-bond donors (Lipinski definition) is 3. The number of aliphatic hydroxyl groups is 2. The summed E-state index contributed by atoms with van der Waals surface area (Å²) in [6.07, 6.45) is 0.636. The van der Waals surface area contributed by atoms with Crippen molar-refractivity contribution in [2.24, 2.45) is 11.8 Å². The van der Waals surface area contributed by atoms with Gasteiger partial charge in [-0.05, 0) is 13.3 Å². The molecule has 4 rings (SSSR count). The molecule has 0 saturated carbocycles. The molecule has 2 amide bonds. The Labute approximate surface area is 204 Å². The summed E-state index contributed by atoms with van der Waals surface area (Å²) < 4.78 is 0.679. The van der Waals surface area contributed by atoms with Gasteiger partial charge in [-0.15, -0.1) is 11.8 Å². The molecule has 3 saturated heterocycles. The maximum atomic E-state index is 13.2. The summed E-state index contributed by atoms with van der Waals surface area (Å²) in [6.45, 7) is 6.14. The Morgan fingerprint density at radius 1 is 1.35 bits per heavy atom. The lowest BCUT2D eigenvalue weighted by molar-refractivity contribution is -0.913. The van der Waals surface area contributed by atoms with Gasteiger partial charge >= 0.3 is 0 Å². The van der Waals surface area contributed by atoms with E-state index in [0.29, 0.717) is 48.0 Å². The molecule has 0 aliphatic carbocycles. The van der Waals surface area contributed by atoms with E-state index >= 15 is 0 Å². The van der Waals surface area contributed by atoms with Crippen molar-refractivity contribution in [1.29, 1.82) is 0 Å². The lowest BCUT2D eigenvalue weighted by Crippen LogP contribution is -2.64. The van der Waals surface area contributed by atoms with Gasteiger partial charge in [0, 0.05) is 35.6 Å². The number of fused-ring (bicyclic) bond motifs is 1. The van der Waals surface area contributed by atoms with Crippen LogP contribution in [-0.4, -0.2) is 119 Å². The average molecular weight is 497 g/mol. The van der Waals surface area contributed by atoms with Crippen LogP contribution in [0.5, 0.6) is 0 Å². The third-order valence-corrected chi connectivity index (χ3v) is 9.64. The van der Waals surface area contributed by atoms with Gasteiger partial charge in [-0.25, -0.2) is 0 Å². The lowest BCUT2D eigenvalue weighted by atomic mass is 9.79. The molecule has 4 aliphatic rings. The third-order valence-electron chi connectivity index (χ3n) is 8.12. The van der Waals surface area contributed by atoms with Gasteiger partial charge in [-0.3, -0.25) is 9.59 Å². The van der Waals surface area contributed by atoms with Crippen LogP contribution in [0.25, 0.3) is 0 Å². The number of amides is 2. The van der Waals surface area contributed by atoms with Gasteiger partial charge in [0.25, 0.3) is 0 Å². The number of nitrogens with zero attached hydrogens (tertiary/aromatic N) is 3. The quantitative estimate of drug-likeness (QED) is 0.258. The molecule has 3 fully saturated rings. The van der Waals surface area contributed by atoms with Crippen molar-refractivity contribution in [3.05, 3.63) is 10.6 Å². The number of hydrogen-bond acceptors (Lipinski definition) is 8. The van der Waals surface area contributed by atoms with Crippen LogP contribution in [0.1, 0.15) is 26.7 Å². The fourth-order valence-corrected chi connectivity index (χ4v) is 7.48. The Balaban J connectivity index is 1.39. The number of aliphatic carboxylic acids is 1. The van der Waals surface area contributed by atoms with Crippen LogP contribution >= 0.6 is 11.8 Å². The van der Waals surface area contributed by atoms with Gasteiger partial charge in [0.15, 0.2) is 0 Å². The Kier molecular flexibility index (Phi) is 7.05. The normalized spacial score (nSPS) is 34.5. The number of carbonyl (C=O) groups excluding carboxylic acids is 3. The second-order valence-corrected chi connectivity index (χ2v) is 12.0. The van der Waals surface area contributed by atoms with E-state index in [1.165, 1.54) is 16.7 Å². The molecular formula is C23H36N4O6S. The van der Waals surface area contributed by atoms with Crippen LogP contribution in [-0.2, 0) is 14.4 Å². The topological polar surface area (TPSA) is 133 Å². The molecule has 0 aromatic heterocycles. The molecule has 11 heteroatoms. The van der Waals surface area contributed by atoms with E-state index in [0.717, 1.165) is 6.42 Å². The number of thioether (sulfide) groups is 1. The maximum Gasteiger partial charge on any atom is 0.239 e. The minimum atomic E-state index is -1.38. The first-order chi connectivity index (χ1) is 16.0. The number of quaternary nitrogens is 1. The van der Waals surface area contributed by atoms with Gasteiger partial charge in [0.2, 0.25) is 11.8 Å². The molecular weight excluding hydrogens is 460 g/mol. The second-order valence-electron chi connectivity index (χ2n) is 10.6.